The number of amides is 1. The molecule has 0 saturated carbocycles. The SMILES string of the molecule is COc1ccccc1C(c1ccccc1)(c1ccccc1OC)C(O)[C@H]1O[C@@H](n2cc(C)c(NC(C)=O)nc2=O)[C@H](O)[C@@H]1O. The van der Waals surface area contributed by atoms with Gasteiger partial charge in [-0.3, -0.25) is 9.36 Å². The lowest BCUT2D eigenvalue weighted by Crippen LogP contribution is -2.52. The fraction of sp³-hybridized carbons (Fsp3) is 0.303. The Morgan fingerprint density at radius 2 is 1.48 bits per heavy atom. The summed E-state index contributed by atoms with van der Waals surface area (Å²) in [6.07, 6.45) is -6.28. The van der Waals surface area contributed by atoms with Gasteiger partial charge in [0.1, 0.15) is 41.7 Å². The number of carbonyl (C=O) groups excluding carboxylic acids is 1. The normalized spacial score (nSPS) is 20.6. The number of aliphatic hydroxyl groups excluding tert-OH is 3. The van der Waals surface area contributed by atoms with Crippen LogP contribution in [0.3, 0.4) is 0 Å². The van der Waals surface area contributed by atoms with E-state index in [4.69, 9.17) is 14.2 Å². The summed E-state index contributed by atoms with van der Waals surface area (Å²) in [5.74, 6) is 0.572. The number of aromatic nitrogens is 2. The van der Waals surface area contributed by atoms with Gasteiger partial charge in [-0.15, -0.1) is 0 Å². The number of anilines is 1. The van der Waals surface area contributed by atoms with Crippen molar-refractivity contribution in [3.05, 3.63) is 118 Å². The van der Waals surface area contributed by atoms with Crippen LogP contribution in [0.4, 0.5) is 5.82 Å². The van der Waals surface area contributed by atoms with E-state index in [-0.39, 0.29) is 5.82 Å². The number of aliphatic hydroxyl groups is 3. The minimum atomic E-state index is -1.63. The Morgan fingerprint density at radius 1 is 0.932 bits per heavy atom. The average molecular weight is 602 g/mol. The molecule has 1 fully saturated rings. The van der Waals surface area contributed by atoms with Gasteiger partial charge in [-0.05, 0) is 24.6 Å². The summed E-state index contributed by atoms with van der Waals surface area (Å²) in [4.78, 5) is 28.5. The van der Waals surface area contributed by atoms with Crippen molar-refractivity contribution in [2.75, 3.05) is 19.5 Å². The van der Waals surface area contributed by atoms with Crippen LogP contribution < -0.4 is 20.5 Å². The summed E-state index contributed by atoms with van der Waals surface area (Å²) in [7, 11) is 3.05. The van der Waals surface area contributed by atoms with Gasteiger partial charge in [0.05, 0.1) is 19.6 Å². The summed E-state index contributed by atoms with van der Waals surface area (Å²) in [6.45, 7) is 2.92. The van der Waals surface area contributed by atoms with Crippen LogP contribution >= 0.6 is 0 Å². The van der Waals surface area contributed by atoms with Gasteiger partial charge in [-0.25, -0.2) is 4.79 Å². The molecule has 1 aliphatic rings. The van der Waals surface area contributed by atoms with E-state index in [0.717, 1.165) is 4.57 Å². The van der Waals surface area contributed by atoms with Crippen molar-refractivity contribution < 1.29 is 34.3 Å². The zero-order valence-corrected chi connectivity index (χ0v) is 24.7. The lowest BCUT2D eigenvalue weighted by Gasteiger charge is -2.43. The molecule has 2 heterocycles. The first-order valence-electron chi connectivity index (χ1n) is 14.0. The van der Waals surface area contributed by atoms with E-state index in [1.807, 2.05) is 54.6 Å². The predicted octanol–water partition coefficient (Wildman–Crippen LogP) is 2.54. The number of para-hydroxylation sites is 2. The number of benzene rings is 3. The maximum Gasteiger partial charge on any atom is 0.351 e. The van der Waals surface area contributed by atoms with E-state index in [2.05, 4.69) is 10.3 Å². The van der Waals surface area contributed by atoms with Gasteiger partial charge in [0.2, 0.25) is 5.91 Å². The van der Waals surface area contributed by atoms with Crippen molar-refractivity contribution in [3.8, 4) is 11.5 Å². The lowest BCUT2D eigenvalue weighted by atomic mass is 9.63. The van der Waals surface area contributed by atoms with Crippen LogP contribution in [0.2, 0.25) is 0 Å². The van der Waals surface area contributed by atoms with Crippen molar-refractivity contribution in [3.63, 3.8) is 0 Å². The first-order valence-corrected chi connectivity index (χ1v) is 14.0. The van der Waals surface area contributed by atoms with Gasteiger partial charge >= 0.3 is 5.69 Å². The molecule has 230 valence electrons. The Morgan fingerprint density at radius 3 is 2.02 bits per heavy atom. The standard InChI is InChI=1S/C33H35N3O8/c1-19-18-36(32(41)35-30(19)34-20(2)37)31-27(39)26(38)28(44-31)29(40)33(21-12-6-5-7-13-21,22-14-8-10-16-24(22)42-3)23-15-9-11-17-25(23)43-4/h5-18,26-29,31,38-40H,1-4H3,(H,34,35,37,41)/t26-,27+,28-,29?,31+/m0/s1. The van der Waals surface area contributed by atoms with Crippen LogP contribution in [0.25, 0.3) is 0 Å². The molecule has 5 atom stereocenters. The minimum Gasteiger partial charge on any atom is -0.496 e. The zero-order valence-electron chi connectivity index (χ0n) is 24.7. The van der Waals surface area contributed by atoms with Crippen LogP contribution in [0.1, 0.15) is 35.4 Å². The molecule has 44 heavy (non-hydrogen) atoms. The van der Waals surface area contributed by atoms with Crippen LogP contribution in [-0.4, -0.2) is 69.4 Å². The van der Waals surface area contributed by atoms with Gasteiger partial charge in [-0.2, -0.15) is 4.98 Å². The van der Waals surface area contributed by atoms with E-state index < -0.39 is 47.7 Å². The Balaban J connectivity index is 1.71. The number of hydrogen-bond acceptors (Lipinski definition) is 9. The second-order valence-electron chi connectivity index (χ2n) is 10.6. The largest absolute Gasteiger partial charge is 0.496 e. The molecule has 1 amide bonds. The number of rotatable bonds is 9. The van der Waals surface area contributed by atoms with Gasteiger partial charge < -0.3 is 34.8 Å². The van der Waals surface area contributed by atoms with Crippen LogP contribution in [-0.2, 0) is 14.9 Å². The number of carbonyl (C=O) groups is 1. The smallest absolute Gasteiger partial charge is 0.351 e. The Hall–Kier alpha value is -4.55. The number of methoxy groups -OCH3 is 2. The summed E-state index contributed by atoms with van der Waals surface area (Å²) in [5, 5.41) is 37.8. The van der Waals surface area contributed by atoms with Gasteiger partial charge in [0, 0.05) is 29.8 Å². The van der Waals surface area contributed by atoms with E-state index in [1.54, 1.807) is 31.2 Å². The van der Waals surface area contributed by atoms with Crippen molar-refractivity contribution in [2.24, 2.45) is 0 Å². The van der Waals surface area contributed by atoms with E-state index in [9.17, 15) is 24.9 Å². The van der Waals surface area contributed by atoms with Crippen LogP contribution in [0.5, 0.6) is 11.5 Å². The molecule has 11 heteroatoms. The molecular weight excluding hydrogens is 566 g/mol. The quantitative estimate of drug-likeness (QED) is 0.212. The third-order valence-electron chi connectivity index (χ3n) is 8.03. The first-order chi connectivity index (χ1) is 21.1. The summed E-state index contributed by atoms with van der Waals surface area (Å²) >= 11 is 0. The van der Waals surface area contributed by atoms with Crippen molar-refractivity contribution >= 4 is 11.7 Å². The summed E-state index contributed by atoms with van der Waals surface area (Å²) < 4.78 is 18.8. The fourth-order valence-electron chi connectivity index (χ4n) is 6.05. The monoisotopic (exact) mass is 601 g/mol. The molecule has 11 nitrogen and oxygen atoms in total. The van der Waals surface area contributed by atoms with Crippen molar-refractivity contribution in [1.82, 2.24) is 9.55 Å². The number of nitrogens with zero attached hydrogens (tertiary/aromatic N) is 2. The van der Waals surface area contributed by atoms with Crippen molar-refractivity contribution in [1.29, 1.82) is 0 Å². The molecule has 4 aromatic rings. The Kier molecular flexibility index (Phi) is 8.84. The fourth-order valence-corrected chi connectivity index (χ4v) is 6.05. The number of hydrogen-bond donors (Lipinski definition) is 4. The second kappa shape index (κ2) is 12.6. The Labute approximate surface area is 254 Å². The lowest BCUT2D eigenvalue weighted by molar-refractivity contribution is -0.114. The molecule has 5 rings (SSSR count). The van der Waals surface area contributed by atoms with Gasteiger partial charge in [0.15, 0.2) is 6.23 Å². The second-order valence-corrected chi connectivity index (χ2v) is 10.6. The molecule has 1 unspecified atom stereocenters. The molecule has 0 aliphatic carbocycles. The molecule has 1 aliphatic heterocycles. The highest BCUT2D eigenvalue weighted by Gasteiger charge is 2.56. The summed E-state index contributed by atoms with van der Waals surface area (Å²) in [6, 6.07) is 23.6. The Bertz CT molecular complexity index is 1640. The summed E-state index contributed by atoms with van der Waals surface area (Å²) in [5.41, 5.74) is -0.146. The highest BCUT2D eigenvalue weighted by atomic mass is 16.6. The molecular formula is C33H35N3O8. The van der Waals surface area contributed by atoms with Crippen LogP contribution in [0.15, 0.2) is 89.9 Å². The first kappa shape index (κ1) is 30.9. The molecule has 0 bridgehead atoms. The molecule has 1 saturated heterocycles. The third kappa shape index (κ3) is 5.24. The van der Waals surface area contributed by atoms with E-state index in [0.29, 0.717) is 33.8 Å². The molecule has 1 aromatic heterocycles. The highest BCUT2D eigenvalue weighted by molar-refractivity contribution is 5.88. The minimum absolute atomic E-state index is 0.0683. The molecule has 4 N–H and O–H groups in total. The maximum absolute atomic E-state index is 13.1. The predicted molar refractivity (Wildman–Crippen MR) is 162 cm³/mol. The topological polar surface area (TPSA) is 152 Å². The van der Waals surface area contributed by atoms with Gasteiger partial charge in [-0.1, -0.05) is 66.7 Å². The molecule has 3 aromatic carbocycles. The maximum atomic E-state index is 13.1. The third-order valence-corrected chi connectivity index (χ3v) is 8.03. The highest BCUT2D eigenvalue weighted by Crippen LogP contribution is 2.51. The molecule has 0 spiro atoms. The van der Waals surface area contributed by atoms with E-state index in [1.165, 1.54) is 27.3 Å². The van der Waals surface area contributed by atoms with Crippen LogP contribution in [0, 0.1) is 6.92 Å². The number of aryl methyl sites for hydroxylation is 1. The van der Waals surface area contributed by atoms with E-state index >= 15 is 0 Å². The number of nitrogens with one attached hydrogen (secondary N) is 1. The van der Waals surface area contributed by atoms with Gasteiger partial charge in [0.25, 0.3) is 0 Å². The molecule has 0 radical (unpaired) electrons. The van der Waals surface area contributed by atoms with Crippen molar-refractivity contribution in [2.45, 2.75) is 49.9 Å². The average Bonchev–Trinajstić information content (AvgIpc) is 3.33. The number of ether oxygens (including phenoxy) is 3. The zero-order chi connectivity index (χ0) is 31.6.